The van der Waals surface area contributed by atoms with Crippen molar-refractivity contribution in [3.8, 4) is 0 Å². The lowest BCUT2D eigenvalue weighted by Gasteiger charge is -2.20. The van der Waals surface area contributed by atoms with E-state index in [1.165, 1.54) is 25.7 Å². The minimum Gasteiger partial charge on any atom is -0.301 e. The van der Waals surface area contributed by atoms with E-state index in [-0.39, 0.29) is 0 Å². The average molecular weight is 169 g/mol. The number of hydrogen-bond donors (Lipinski definition) is 0. The van der Waals surface area contributed by atoms with E-state index in [9.17, 15) is 0 Å². The highest BCUT2D eigenvalue weighted by atomic mass is 14.7. The number of hydrogen-bond acceptors (Lipinski definition) is 1. The summed E-state index contributed by atoms with van der Waals surface area (Å²) in [6.07, 6.45) is 5.26. The van der Waals surface area contributed by atoms with Gasteiger partial charge in [-0.05, 0) is 18.6 Å². The van der Waals surface area contributed by atoms with E-state index in [4.69, 9.17) is 0 Å². The summed E-state index contributed by atoms with van der Waals surface area (Å²) in [6.45, 7) is 11.3. The molecular formula is C11H23N. The van der Waals surface area contributed by atoms with Gasteiger partial charge in [0, 0.05) is 6.54 Å². The van der Waals surface area contributed by atoms with Crippen molar-refractivity contribution in [2.24, 2.45) is 16.8 Å². The fraction of sp³-hybridized carbons (Fsp3) is 0.909. The van der Waals surface area contributed by atoms with Gasteiger partial charge in [-0.15, -0.1) is 0 Å². The molecule has 0 aromatic heterocycles. The van der Waals surface area contributed by atoms with E-state index < -0.39 is 0 Å². The van der Waals surface area contributed by atoms with Gasteiger partial charge in [-0.1, -0.05) is 46.5 Å². The molecule has 0 heterocycles. The first-order chi connectivity index (χ1) is 5.76. The van der Waals surface area contributed by atoms with E-state index >= 15 is 0 Å². The topological polar surface area (TPSA) is 12.4 Å². The van der Waals surface area contributed by atoms with Crippen LogP contribution in [0, 0.1) is 11.8 Å². The Labute approximate surface area is 77.3 Å². The van der Waals surface area contributed by atoms with Gasteiger partial charge in [-0.2, -0.15) is 0 Å². The van der Waals surface area contributed by atoms with Crippen molar-refractivity contribution in [2.75, 3.05) is 6.54 Å². The molecule has 12 heavy (non-hydrogen) atoms. The molecule has 2 atom stereocenters. The Kier molecular flexibility index (Phi) is 7.12. The monoisotopic (exact) mass is 169 g/mol. The van der Waals surface area contributed by atoms with Gasteiger partial charge < -0.3 is 4.99 Å². The van der Waals surface area contributed by atoms with Crippen molar-refractivity contribution in [1.29, 1.82) is 0 Å². The Morgan fingerprint density at radius 1 is 1.33 bits per heavy atom. The number of nitrogens with zero attached hydrogens (tertiary/aromatic N) is 1. The number of aliphatic imine (C=N–C) groups is 1. The van der Waals surface area contributed by atoms with Gasteiger partial charge in [0.2, 0.25) is 0 Å². The summed E-state index contributed by atoms with van der Waals surface area (Å²) in [5.74, 6) is 1.58. The van der Waals surface area contributed by atoms with Crippen LogP contribution in [0.1, 0.15) is 46.5 Å². The van der Waals surface area contributed by atoms with Crippen LogP contribution >= 0.6 is 0 Å². The first kappa shape index (κ1) is 11.7. The van der Waals surface area contributed by atoms with E-state index in [2.05, 4.69) is 32.5 Å². The SMILES string of the molecule is C=NCC(CC)C(C)CCCC. The van der Waals surface area contributed by atoms with E-state index in [0.717, 1.165) is 18.4 Å². The Hall–Kier alpha value is -0.330. The molecule has 0 rings (SSSR count). The van der Waals surface area contributed by atoms with Gasteiger partial charge in [-0.25, -0.2) is 0 Å². The zero-order valence-electron chi connectivity index (χ0n) is 8.84. The molecule has 0 saturated heterocycles. The second kappa shape index (κ2) is 7.33. The highest BCUT2D eigenvalue weighted by Gasteiger charge is 2.13. The van der Waals surface area contributed by atoms with Gasteiger partial charge in [0.25, 0.3) is 0 Å². The lowest BCUT2D eigenvalue weighted by Crippen LogP contribution is -2.13. The second-order valence-corrected chi connectivity index (χ2v) is 3.69. The molecule has 2 unspecified atom stereocenters. The Morgan fingerprint density at radius 2 is 2.00 bits per heavy atom. The van der Waals surface area contributed by atoms with Gasteiger partial charge in [-0.3, -0.25) is 0 Å². The zero-order valence-corrected chi connectivity index (χ0v) is 8.84. The van der Waals surface area contributed by atoms with Crippen LogP contribution in [0.3, 0.4) is 0 Å². The quantitative estimate of drug-likeness (QED) is 0.517. The van der Waals surface area contributed by atoms with Crippen LogP contribution in [0.15, 0.2) is 4.99 Å². The number of unbranched alkanes of at least 4 members (excludes halogenated alkanes) is 1. The van der Waals surface area contributed by atoms with Crippen molar-refractivity contribution < 1.29 is 0 Å². The lowest BCUT2D eigenvalue weighted by molar-refractivity contribution is 0.329. The number of rotatable bonds is 7. The molecule has 0 radical (unpaired) electrons. The molecule has 1 nitrogen and oxygen atoms in total. The third kappa shape index (κ3) is 4.53. The van der Waals surface area contributed by atoms with Crippen LogP contribution < -0.4 is 0 Å². The molecule has 0 bridgehead atoms. The van der Waals surface area contributed by atoms with E-state index in [1.54, 1.807) is 0 Å². The predicted octanol–water partition coefficient (Wildman–Crippen LogP) is 3.54. The third-order valence-corrected chi connectivity index (χ3v) is 2.71. The minimum atomic E-state index is 0.758. The maximum Gasteiger partial charge on any atom is 0.0412 e. The van der Waals surface area contributed by atoms with Crippen LogP contribution in [0.2, 0.25) is 0 Å². The van der Waals surface area contributed by atoms with Crippen molar-refractivity contribution in [1.82, 2.24) is 0 Å². The van der Waals surface area contributed by atoms with Crippen molar-refractivity contribution >= 4 is 6.72 Å². The minimum absolute atomic E-state index is 0.758. The first-order valence-electron chi connectivity index (χ1n) is 5.18. The maximum atomic E-state index is 3.99. The molecule has 0 spiro atoms. The first-order valence-corrected chi connectivity index (χ1v) is 5.18. The van der Waals surface area contributed by atoms with Gasteiger partial charge in [0.1, 0.15) is 0 Å². The summed E-state index contributed by atoms with van der Waals surface area (Å²) >= 11 is 0. The molecule has 0 N–H and O–H groups in total. The molecule has 0 aliphatic rings. The molecule has 0 aromatic carbocycles. The van der Waals surface area contributed by atoms with E-state index in [1.807, 2.05) is 0 Å². The summed E-state index contributed by atoms with van der Waals surface area (Å²) in [5, 5.41) is 0. The highest BCUT2D eigenvalue weighted by Crippen LogP contribution is 2.21. The molecule has 1 heteroatoms. The van der Waals surface area contributed by atoms with Crippen molar-refractivity contribution in [3.05, 3.63) is 0 Å². The van der Waals surface area contributed by atoms with Crippen LogP contribution in [0.5, 0.6) is 0 Å². The predicted molar refractivity (Wildman–Crippen MR) is 56.9 cm³/mol. The van der Waals surface area contributed by atoms with Crippen molar-refractivity contribution in [2.45, 2.75) is 46.5 Å². The largest absolute Gasteiger partial charge is 0.301 e. The summed E-state index contributed by atoms with van der Waals surface area (Å²) < 4.78 is 0. The summed E-state index contributed by atoms with van der Waals surface area (Å²) in [5.41, 5.74) is 0. The zero-order chi connectivity index (χ0) is 9.40. The fourth-order valence-electron chi connectivity index (χ4n) is 1.64. The standard InChI is InChI=1S/C11H23N/c1-5-7-8-10(3)11(6-2)9-12-4/h10-11H,4-9H2,1-3H3. The maximum absolute atomic E-state index is 3.99. The molecular weight excluding hydrogens is 146 g/mol. The molecule has 0 saturated carbocycles. The molecule has 72 valence electrons. The molecule has 0 amide bonds. The van der Waals surface area contributed by atoms with Crippen LogP contribution in [0.4, 0.5) is 0 Å². The van der Waals surface area contributed by atoms with E-state index in [0.29, 0.717) is 0 Å². The van der Waals surface area contributed by atoms with Crippen LogP contribution in [0.25, 0.3) is 0 Å². The summed E-state index contributed by atoms with van der Waals surface area (Å²) in [7, 11) is 0. The smallest absolute Gasteiger partial charge is 0.0412 e. The summed E-state index contributed by atoms with van der Waals surface area (Å²) in [4.78, 5) is 3.99. The third-order valence-electron chi connectivity index (χ3n) is 2.71. The Bertz CT molecular complexity index is 110. The molecule has 0 fully saturated rings. The Balaban J connectivity index is 3.67. The molecule has 0 aromatic rings. The normalized spacial score (nSPS) is 15.6. The average Bonchev–Trinajstić information content (AvgIpc) is 2.10. The fourth-order valence-corrected chi connectivity index (χ4v) is 1.64. The highest BCUT2D eigenvalue weighted by molar-refractivity contribution is 5.23. The van der Waals surface area contributed by atoms with Gasteiger partial charge in [0.15, 0.2) is 0 Å². The van der Waals surface area contributed by atoms with Gasteiger partial charge >= 0.3 is 0 Å². The van der Waals surface area contributed by atoms with Crippen LogP contribution in [-0.4, -0.2) is 13.3 Å². The van der Waals surface area contributed by atoms with Gasteiger partial charge in [0.05, 0.1) is 0 Å². The van der Waals surface area contributed by atoms with Crippen molar-refractivity contribution in [3.63, 3.8) is 0 Å². The molecule has 0 aliphatic heterocycles. The second-order valence-electron chi connectivity index (χ2n) is 3.69. The summed E-state index contributed by atoms with van der Waals surface area (Å²) in [6, 6.07) is 0. The lowest BCUT2D eigenvalue weighted by atomic mass is 9.88. The van der Waals surface area contributed by atoms with Crippen LogP contribution in [-0.2, 0) is 0 Å². The Morgan fingerprint density at radius 3 is 2.42 bits per heavy atom. The molecule has 0 aliphatic carbocycles.